The molecule has 0 spiro atoms. The molecule has 0 aromatic heterocycles. The van der Waals surface area contributed by atoms with Gasteiger partial charge in [-0.15, -0.1) is 0 Å². The van der Waals surface area contributed by atoms with Crippen LogP contribution in [0.25, 0.3) is 0 Å². The Kier molecular flexibility index (Phi) is 5.45. The van der Waals surface area contributed by atoms with E-state index in [-0.39, 0.29) is 12.3 Å². The Morgan fingerprint density at radius 1 is 1.08 bits per heavy atom. The number of anilines is 1. The van der Waals surface area contributed by atoms with E-state index in [0.29, 0.717) is 17.0 Å². The zero-order valence-corrected chi connectivity index (χ0v) is 12.7. The summed E-state index contributed by atoms with van der Waals surface area (Å²) in [5, 5.41) is 13.1. The highest BCUT2D eigenvalue weighted by Crippen LogP contribution is 2.16. The number of carbonyl (C=O) groups is 2. The van der Waals surface area contributed by atoms with Crippen molar-refractivity contribution in [2.24, 2.45) is 0 Å². The van der Waals surface area contributed by atoms with Gasteiger partial charge in [-0.25, -0.2) is 4.79 Å². The number of nitrogens with zero attached hydrogens (tertiary/aromatic N) is 1. The van der Waals surface area contributed by atoms with Crippen LogP contribution in [-0.4, -0.2) is 30.5 Å². The second-order valence-corrected chi connectivity index (χ2v) is 4.66. The molecule has 0 bridgehead atoms. The molecule has 8 heteroatoms. The Labute approximate surface area is 137 Å². The summed E-state index contributed by atoms with van der Waals surface area (Å²) >= 11 is 0. The summed E-state index contributed by atoms with van der Waals surface area (Å²) in [5.41, 5.74) is 0.741. The number of methoxy groups -OCH3 is 1. The van der Waals surface area contributed by atoms with E-state index in [1.54, 1.807) is 12.1 Å². The summed E-state index contributed by atoms with van der Waals surface area (Å²) in [6.07, 6.45) is 0. The summed E-state index contributed by atoms with van der Waals surface area (Å²) in [6, 6.07) is 11.6. The molecule has 2 rings (SSSR count). The molecule has 0 atom stereocenters. The van der Waals surface area contributed by atoms with Crippen LogP contribution in [0.5, 0.6) is 5.75 Å². The quantitative estimate of drug-likeness (QED) is 0.495. The number of esters is 1. The fourth-order valence-corrected chi connectivity index (χ4v) is 1.82. The number of nitro benzene ring substituents is 1. The monoisotopic (exact) mass is 330 g/mol. The van der Waals surface area contributed by atoms with Crippen molar-refractivity contribution in [3.05, 3.63) is 64.2 Å². The van der Waals surface area contributed by atoms with Crippen LogP contribution in [0, 0.1) is 10.1 Å². The number of hydrogen-bond acceptors (Lipinski definition) is 6. The maximum absolute atomic E-state index is 11.8. The summed E-state index contributed by atoms with van der Waals surface area (Å²) in [5.74, 6) is -0.458. The predicted molar refractivity (Wildman–Crippen MR) is 85.0 cm³/mol. The van der Waals surface area contributed by atoms with Gasteiger partial charge >= 0.3 is 5.97 Å². The van der Waals surface area contributed by atoms with Crippen LogP contribution < -0.4 is 10.1 Å². The lowest BCUT2D eigenvalue weighted by Gasteiger charge is -2.08. The zero-order chi connectivity index (χ0) is 17.5. The fraction of sp³-hybridized carbons (Fsp3) is 0.125. The molecule has 0 saturated heterocycles. The van der Waals surface area contributed by atoms with E-state index in [1.807, 2.05) is 0 Å². The van der Waals surface area contributed by atoms with Gasteiger partial charge in [0, 0.05) is 17.8 Å². The first-order valence-corrected chi connectivity index (χ1v) is 6.85. The molecule has 0 unspecified atom stereocenters. The molecule has 24 heavy (non-hydrogen) atoms. The number of nitrogens with one attached hydrogen (secondary N) is 1. The summed E-state index contributed by atoms with van der Waals surface area (Å²) < 4.78 is 9.88. The van der Waals surface area contributed by atoms with Crippen LogP contribution in [0.15, 0.2) is 48.5 Å². The van der Waals surface area contributed by atoms with Crippen LogP contribution >= 0.6 is 0 Å². The Bertz CT molecular complexity index is 740. The van der Waals surface area contributed by atoms with Crippen molar-refractivity contribution in [3.63, 3.8) is 0 Å². The number of amides is 1. The molecule has 124 valence electrons. The van der Waals surface area contributed by atoms with Crippen LogP contribution in [-0.2, 0) is 9.53 Å². The summed E-state index contributed by atoms with van der Waals surface area (Å²) in [6.45, 7) is -0.242. The minimum atomic E-state index is -0.521. The van der Waals surface area contributed by atoms with Crippen molar-refractivity contribution < 1.29 is 24.0 Å². The van der Waals surface area contributed by atoms with Crippen molar-refractivity contribution in [3.8, 4) is 5.75 Å². The molecule has 1 N–H and O–H groups in total. The van der Waals surface area contributed by atoms with Gasteiger partial charge in [0.25, 0.3) is 11.6 Å². The maximum Gasteiger partial charge on any atom is 0.337 e. The number of non-ortho nitro benzene ring substituents is 1. The van der Waals surface area contributed by atoms with Crippen molar-refractivity contribution in [2.45, 2.75) is 0 Å². The lowest BCUT2D eigenvalue weighted by atomic mass is 10.2. The minimum absolute atomic E-state index is 0.0602. The first-order valence-electron chi connectivity index (χ1n) is 6.85. The SMILES string of the molecule is COC(=O)c1ccc(OCC(=O)Nc2ccc([N+](=O)[O-])cc2)cc1. The first-order chi connectivity index (χ1) is 11.5. The normalized spacial score (nSPS) is 9.88. The van der Waals surface area contributed by atoms with E-state index < -0.39 is 16.8 Å². The maximum atomic E-state index is 11.8. The topological polar surface area (TPSA) is 108 Å². The second kappa shape index (κ2) is 7.73. The Morgan fingerprint density at radius 2 is 1.71 bits per heavy atom. The molecule has 0 fully saturated rings. The highest BCUT2D eigenvalue weighted by Gasteiger charge is 2.08. The molecule has 0 radical (unpaired) electrons. The largest absolute Gasteiger partial charge is 0.484 e. The number of hydrogen-bond donors (Lipinski definition) is 1. The lowest BCUT2D eigenvalue weighted by molar-refractivity contribution is -0.384. The van der Waals surface area contributed by atoms with Gasteiger partial charge in [0.1, 0.15) is 5.75 Å². The minimum Gasteiger partial charge on any atom is -0.484 e. The summed E-state index contributed by atoms with van der Waals surface area (Å²) in [4.78, 5) is 33.1. The van der Waals surface area contributed by atoms with Crippen LogP contribution in [0.3, 0.4) is 0 Å². The Morgan fingerprint density at radius 3 is 2.25 bits per heavy atom. The number of nitro groups is 1. The fourth-order valence-electron chi connectivity index (χ4n) is 1.82. The summed E-state index contributed by atoms with van der Waals surface area (Å²) in [7, 11) is 1.29. The van der Waals surface area contributed by atoms with Crippen LogP contribution in [0.1, 0.15) is 10.4 Å². The van der Waals surface area contributed by atoms with E-state index in [9.17, 15) is 19.7 Å². The molecular weight excluding hydrogens is 316 g/mol. The molecule has 1 amide bonds. The van der Waals surface area contributed by atoms with Gasteiger partial charge in [-0.05, 0) is 36.4 Å². The molecule has 8 nitrogen and oxygen atoms in total. The Hall–Kier alpha value is -3.42. The zero-order valence-electron chi connectivity index (χ0n) is 12.7. The van der Waals surface area contributed by atoms with Crippen LogP contribution in [0.4, 0.5) is 11.4 Å². The highest BCUT2D eigenvalue weighted by molar-refractivity contribution is 5.92. The number of rotatable bonds is 6. The van der Waals surface area contributed by atoms with Gasteiger partial charge in [0.2, 0.25) is 0 Å². The van der Waals surface area contributed by atoms with E-state index in [1.165, 1.54) is 43.5 Å². The van der Waals surface area contributed by atoms with E-state index >= 15 is 0 Å². The Balaban J connectivity index is 1.86. The number of carbonyl (C=O) groups excluding carboxylic acids is 2. The van der Waals surface area contributed by atoms with E-state index in [2.05, 4.69) is 10.1 Å². The molecule has 0 heterocycles. The average Bonchev–Trinajstić information content (AvgIpc) is 2.60. The van der Waals surface area contributed by atoms with E-state index in [0.717, 1.165) is 0 Å². The van der Waals surface area contributed by atoms with Crippen LogP contribution in [0.2, 0.25) is 0 Å². The van der Waals surface area contributed by atoms with E-state index in [4.69, 9.17) is 4.74 Å². The molecule has 0 aliphatic rings. The molecule has 0 aliphatic heterocycles. The first kappa shape index (κ1) is 16.9. The smallest absolute Gasteiger partial charge is 0.337 e. The second-order valence-electron chi connectivity index (χ2n) is 4.66. The van der Waals surface area contributed by atoms with Crippen molar-refractivity contribution in [1.29, 1.82) is 0 Å². The van der Waals surface area contributed by atoms with Gasteiger partial charge in [-0.1, -0.05) is 0 Å². The number of benzene rings is 2. The van der Waals surface area contributed by atoms with Gasteiger partial charge < -0.3 is 14.8 Å². The molecule has 0 aliphatic carbocycles. The van der Waals surface area contributed by atoms with Crippen molar-refractivity contribution >= 4 is 23.3 Å². The van der Waals surface area contributed by atoms with Crippen molar-refractivity contribution in [1.82, 2.24) is 0 Å². The molecular formula is C16H14N2O6. The third-order valence-electron chi connectivity index (χ3n) is 3.01. The number of ether oxygens (including phenoxy) is 2. The van der Waals surface area contributed by atoms with Gasteiger partial charge in [0.05, 0.1) is 17.6 Å². The van der Waals surface area contributed by atoms with Crippen molar-refractivity contribution in [2.75, 3.05) is 19.0 Å². The highest BCUT2D eigenvalue weighted by atomic mass is 16.6. The predicted octanol–water partition coefficient (Wildman–Crippen LogP) is 2.40. The lowest BCUT2D eigenvalue weighted by Crippen LogP contribution is -2.20. The average molecular weight is 330 g/mol. The van der Waals surface area contributed by atoms with Gasteiger partial charge in [0.15, 0.2) is 6.61 Å². The molecule has 2 aromatic carbocycles. The standard InChI is InChI=1S/C16H14N2O6/c1-23-16(20)11-2-8-14(9-3-11)24-10-15(19)17-12-4-6-13(7-5-12)18(21)22/h2-9H,10H2,1H3,(H,17,19). The molecule has 0 saturated carbocycles. The third-order valence-corrected chi connectivity index (χ3v) is 3.01. The molecule has 2 aromatic rings. The third kappa shape index (κ3) is 4.54. The van der Waals surface area contributed by atoms with Gasteiger partial charge in [-0.3, -0.25) is 14.9 Å². The van der Waals surface area contributed by atoms with Gasteiger partial charge in [-0.2, -0.15) is 0 Å².